The smallest absolute Gasteiger partial charge is 0.381 e. The molecule has 2 rings (SSSR count). The third-order valence-corrected chi connectivity index (χ3v) is 5.88. The molecule has 1 heterocycles. The first-order chi connectivity index (χ1) is 12.3. The van der Waals surface area contributed by atoms with Gasteiger partial charge in [0.1, 0.15) is 5.82 Å². The molecule has 0 amide bonds. The van der Waals surface area contributed by atoms with Crippen LogP contribution in [0.2, 0.25) is 0 Å². The van der Waals surface area contributed by atoms with E-state index in [0.717, 1.165) is 25.0 Å². The first kappa shape index (κ1) is 20.8. The maximum atomic E-state index is 13.2. The van der Waals surface area contributed by atoms with Crippen LogP contribution in [-0.2, 0) is 17.5 Å². The number of rotatable bonds is 5. The fraction of sp³-hybridized carbons (Fsp3) is 0.588. The Bertz CT molecular complexity index is 631. The molecule has 0 aromatic heterocycles. The molecule has 1 aliphatic heterocycles. The highest BCUT2D eigenvalue weighted by molar-refractivity contribution is 8.00. The Balaban J connectivity index is 1.99. The molecule has 1 aromatic rings. The normalized spacial score (nSPS) is 17.8. The molecule has 0 unspecified atom stereocenters. The summed E-state index contributed by atoms with van der Waals surface area (Å²) >= 11 is 1.75. The van der Waals surface area contributed by atoms with Crippen molar-refractivity contribution in [1.29, 1.82) is 0 Å². The number of nitrogens with one attached hydrogen (secondary N) is 2. The van der Waals surface area contributed by atoms with E-state index < -0.39 is 17.6 Å². The van der Waals surface area contributed by atoms with Gasteiger partial charge in [-0.3, -0.25) is 4.99 Å². The molecule has 9 heteroatoms. The SMILES string of the molecule is CN=C(NCc1ccc(F)cc1C(F)(F)F)NCC1(SC)CCOCC1. The largest absolute Gasteiger partial charge is 0.416 e. The van der Waals surface area contributed by atoms with Gasteiger partial charge in [0, 0.05) is 38.1 Å². The Morgan fingerprint density at radius 2 is 1.96 bits per heavy atom. The minimum absolute atomic E-state index is 0.0167. The number of nitrogens with zero attached hydrogens (tertiary/aromatic N) is 1. The van der Waals surface area contributed by atoms with E-state index in [1.807, 2.05) is 6.26 Å². The van der Waals surface area contributed by atoms with Gasteiger partial charge in [-0.1, -0.05) is 6.07 Å². The molecule has 1 fully saturated rings. The highest BCUT2D eigenvalue weighted by atomic mass is 32.2. The number of thioether (sulfide) groups is 1. The highest BCUT2D eigenvalue weighted by Crippen LogP contribution is 2.33. The summed E-state index contributed by atoms with van der Waals surface area (Å²) in [7, 11) is 1.56. The monoisotopic (exact) mass is 393 g/mol. The summed E-state index contributed by atoms with van der Waals surface area (Å²) in [4.78, 5) is 4.06. The topological polar surface area (TPSA) is 45.7 Å². The Morgan fingerprint density at radius 3 is 2.54 bits per heavy atom. The van der Waals surface area contributed by atoms with Crippen molar-refractivity contribution in [3.63, 3.8) is 0 Å². The molecule has 2 N–H and O–H groups in total. The molecule has 0 atom stereocenters. The van der Waals surface area contributed by atoms with E-state index in [1.54, 1.807) is 18.8 Å². The highest BCUT2D eigenvalue weighted by Gasteiger charge is 2.34. The molecule has 0 aliphatic carbocycles. The van der Waals surface area contributed by atoms with Crippen molar-refractivity contribution in [1.82, 2.24) is 10.6 Å². The van der Waals surface area contributed by atoms with Crippen molar-refractivity contribution in [2.45, 2.75) is 30.3 Å². The van der Waals surface area contributed by atoms with Crippen LogP contribution in [0.5, 0.6) is 0 Å². The summed E-state index contributed by atoms with van der Waals surface area (Å²) in [5.41, 5.74) is -1.02. The average Bonchev–Trinajstić information content (AvgIpc) is 2.62. The fourth-order valence-corrected chi connectivity index (χ4v) is 3.60. The molecular weight excluding hydrogens is 370 g/mol. The lowest BCUT2D eigenvalue weighted by molar-refractivity contribution is -0.138. The van der Waals surface area contributed by atoms with Crippen LogP contribution in [0.4, 0.5) is 17.6 Å². The van der Waals surface area contributed by atoms with Gasteiger partial charge in [0.2, 0.25) is 0 Å². The van der Waals surface area contributed by atoms with E-state index in [0.29, 0.717) is 31.8 Å². The molecule has 1 saturated heterocycles. The van der Waals surface area contributed by atoms with Gasteiger partial charge < -0.3 is 15.4 Å². The fourth-order valence-electron chi connectivity index (χ4n) is 2.81. The minimum atomic E-state index is -4.61. The maximum absolute atomic E-state index is 13.2. The number of aliphatic imine (C=N–C) groups is 1. The quantitative estimate of drug-likeness (QED) is 0.457. The second kappa shape index (κ2) is 8.94. The van der Waals surface area contributed by atoms with E-state index in [9.17, 15) is 17.6 Å². The average molecular weight is 393 g/mol. The number of alkyl halides is 3. The van der Waals surface area contributed by atoms with Gasteiger partial charge in [-0.05, 0) is 36.8 Å². The van der Waals surface area contributed by atoms with E-state index in [1.165, 1.54) is 0 Å². The van der Waals surface area contributed by atoms with Gasteiger partial charge in [-0.2, -0.15) is 24.9 Å². The summed E-state index contributed by atoms with van der Waals surface area (Å²) in [6.07, 6.45) is -0.777. The first-order valence-electron chi connectivity index (χ1n) is 8.23. The molecular formula is C17H23F4N3OS. The van der Waals surface area contributed by atoms with Crippen LogP contribution in [0.25, 0.3) is 0 Å². The zero-order valence-corrected chi connectivity index (χ0v) is 15.6. The van der Waals surface area contributed by atoms with Crippen molar-refractivity contribution >= 4 is 17.7 Å². The molecule has 1 aliphatic rings. The molecule has 26 heavy (non-hydrogen) atoms. The Labute approximate surface area is 154 Å². The Kier molecular flexibility index (Phi) is 7.16. The second-order valence-corrected chi connectivity index (χ2v) is 7.35. The van der Waals surface area contributed by atoms with Crippen LogP contribution in [0.15, 0.2) is 23.2 Å². The van der Waals surface area contributed by atoms with Crippen LogP contribution >= 0.6 is 11.8 Å². The molecule has 1 aromatic carbocycles. The number of hydrogen-bond acceptors (Lipinski definition) is 3. The summed E-state index contributed by atoms with van der Waals surface area (Å²) < 4.78 is 57.8. The number of benzene rings is 1. The molecule has 0 saturated carbocycles. The van der Waals surface area contributed by atoms with Gasteiger partial charge in [0.25, 0.3) is 0 Å². The van der Waals surface area contributed by atoms with Gasteiger partial charge in [-0.15, -0.1) is 0 Å². The van der Waals surface area contributed by atoms with Gasteiger partial charge in [0.05, 0.1) is 5.56 Å². The predicted molar refractivity (Wildman–Crippen MR) is 95.9 cm³/mol. The number of hydrogen-bond donors (Lipinski definition) is 2. The van der Waals surface area contributed by atoms with Crippen LogP contribution in [0, 0.1) is 5.82 Å². The van der Waals surface area contributed by atoms with Crippen LogP contribution in [-0.4, -0.2) is 43.8 Å². The molecule has 0 bridgehead atoms. The lowest BCUT2D eigenvalue weighted by Crippen LogP contribution is -2.47. The van der Waals surface area contributed by atoms with Gasteiger partial charge >= 0.3 is 6.18 Å². The Morgan fingerprint density at radius 1 is 1.27 bits per heavy atom. The van der Waals surface area contributed by atoms with Gasteiger partial charge in [0.15, 0.2) is 5.96 Å². The van der Waals surface area contributed by atoms with Crippen LogP contribution < -0.4 is 10.6 Å². The Hall–Kier alpha value is -1.48. The zero-order valence-electron chi connectivity index (χ0n) is 14.8. The molecule has 0 radical (unpaired) electrons. The summed E-state index contributed by atoms with van der Waals surface area (Å²) in [6, 6.07) is 2.67. The van der Waals surface area contributed by atoms with Crippen LogP contribution in [0.1, 0.15) is 24.0 Å². The van der Waals surface area contributed by atoms with Crippen molar-refractivity contribution in [2.24, 2.45) is 4.99 Å². The van der Waals surface area contributed by atoms with E-state index in [2.05, 4.69) is 15.6 Å². The summed E-state index contributed by atoms with van der Waals surface area (Å²) in [6.45, 7) is 1.91. The maximum Gasteiger partial charge on any atom is 0.416 e. The minimum Gasteiger partial charge on any atom is -0.381 e. The van der Waals surface area contributed by atoms with E-state index in [-0.39, 0.29) is 16.9 Å². The predicted octanol–water partition coefficient (Wildman–Crippen LogP) is 3.42. The van der Waals surface area contributed by atoms with Crippen molar-refractivity contribution in [2.75, 3.05) is 33.1 Å². The van der Waals surface area contributed by atoms with Crippen LogP contribution in [0.3, 0.4) is 0 Å². The standard InChI is InChI=1S/C17H23F4N3OS/c1-22-15(24-11-16(26-2)5-7-25-8-6-16)23-10-12-3-4-13(18)9-14(12)17(19,20)21/h3-4,9H,5-8,10-11H2,1-2H3,(H2,22,23,24). The first-order valence-corrected chi connectivity index (χ1v) is 9.45. The summed E-state index contributed by atoms with van der Waals surface area (Å²) in [5, 5.41) is 6.05. The van der Waals surface area contributed by atoms with Crippen molar-refractivity contribution in [3.05, 3.63) is 35.1 Å². The van der Waals surface area contributed by atoms with E-state index >= 15 is 0 Å². The third kappa shape index (κ3) is 5.51. The number of guanidine groups is 1. The number of halogens is 4. The van der Waals surface area contributed by atoms with Gasteiger partial charge in [-0.25, -0.2) is 4.39 Å². The lowest BCUT2D eigenvalue weighted by atomic mass is 9.99. The lowest BCUT2D eigenvalue weighted by Gasteiger charge is -2.36. The molecule has 4 nitrogen and oxygen atoms in total. The summed E-state index contributed by atoms with van der Waals surface area (Å²) in [5.74, 6) is -0.507. The number of ether oxygens (including phenoxy) is 1. The third-order valence-electron chi connectivity index (χ3n) is 4.46. The van der Waals surface area contributed by atoms with Crippen molar-refractivity contribution in [3.8, 4) is 0 Å². The van der Waals surface area contributed by atoms with Crippen molar-refractivity contribution < 1.29 is 22.3 Å². The molecule has 146 valence electrons. The second-order valence-electron chi connectivity index (χ2n) is 6.08. The zero-order chi connectivity index (χ0) is 19.2. The molecule has 0 spiro atoms. The van der Waals surface area contributed by atoms with E-state index in [4.69, 9.17) is 4.74 Å².